The molecule has 0 saturated carbocycles. The number of benzene rings is 4. The maximum Gasteiger partial charge on any atom is 0.481 e. The van der Waals surface area contributed by atoms with E-state index in [9.17, 15) is 5.02 Å². The van der Waals surface area contributed by atoms with Gasteiger partial charge < -0.3 is 9.37 Å². The fraction of sp³-hybridized carbons (Fsp3) is 0. The van der Waals surface area contributed by atoms with Crippen molar-refractivity contribution >= 4 is 36.5 Å². The normalized spacial score (nSPS) is 11.2. The first-order valence-electron chi connectivity index (χ1n) is 9.38. The summed E-state index contributed by atoms with van der Waals surface area (Å²) in [6.07, 6.45) is 0. The lowest BCUT2D eigenvalue weighted by atomic mass is 9.80. The van der Waals surface area contributed by atoms with Gasteiger partial charge in [0.2, 0.25) is 0 Å². The molecule has 2 nitrogen and oxygen atoms in total. The van der Waals surface area contributed by atoms with Crippen LogP contribution in [-0.2, 0) is 4.34 Å². The summed E-state index contributed by atoms with van der Waals surface area (Å²) in [5, 5.41) is 14.4. The summed E-state index contributed by atoms with van der Waals surface area (Å²) in [5.74, 6) is 0. The van der Waals surface area contributed by atoms with Crippen molar-refractivity contribution < 1.29 is 9.37 Å². The smallest absolute Gasteiger partial charge is 0.439 e. The molecule has 0 saturated heterocycles. The fourth-order valence-electron chi connectivity index (χ4n) is 3.58. The molecule has 4 aromatic carbocycles. The number of hydrogen-bond donors (Lipinski definition) is 1. The van der Waals surface area contributed by atoms with Gasteiger partial charge in [-0.05, 0) is 21.0 Å². The molecule has 0 unspecified atom stereocenters. The third kappa shape index (κ3) is 3.58. The van der Waals surface area contributed by atoms with Gasteiger partial charge in [0.1, 0.15) is 0 Å². The van der Waals surface area contributed by atoms with Gasteiger partial charge in [-0.1, -0.05) is 121 Å². The van der Waals surface area contributed by atoms with Crippen LogP contribution in [0.3, 0.4) is 0 Å². The van der Waals surface area contributed by atoms with Crippen molar-refractivity contribution in [3.63, 3.8) is 0 Å². The second-order valence-corrected chi connectivity index (χ2v) is 9.99. The first-order valence-corrected chi connectivity index (χ1v) is 11.3. The molecule has 0 heterocycles. The number of rotatable bonds is 6. The van der Waals surface area contributed by atoms with Crippen molar-refractivity contribution in [1.82, 2.24) is 0 Å². The summed E-state index contributed by atoms with van der Waals surface area (Å²) < 4.78 is 6.68. The molecule has 0 aliphatic rings. The summed E-state index contributed by atoms with van der Waals surface area (Å²) in [5.41, 5.74) is 0.752. The van der Waals surface area contributed by atoms with Gasteiger partial charge in [0, 0.05) is 0 Å². The van der Waals surface area contributed by atoms with Crippen molar-refractivity contribution in [2.75, 3.05) is 0 Å². The lowest BCUT2D eigenvalue weighted by molar-refractivity contribution is 0.439. The monoisotopic (exact) mass is 380 g/mol. The van der Waals surface area contributed by atoms with E-state index in [4.69, 9.17) is 4.34 Å². The van der Waals surface area contributed by atoms with Gasteiger partial charge in [-0.15, -0.1) is 0 Å². The highest BCUT2D eigenvalue weighted by molar-refractivity contribution is 7.09. The fourth-order valence-corrected chi connectivity index (χ4v) is 7.44. The third-order valence-electron chi connectivity index (χ3n) is 4.91. The van der Waals surface area contributed by atoms with Crippen molar-refractivity contribution in [3.8, 4) is 0 Å². The number of hydrogen-bond acceptors (Lipinski definition) is 2. The lowest BCUT2D eigenvalue weighted by Gasteiger charge is -2.34. The van der Waals surface area contributed by atoms with E-state index >= 15 is 0 Å². The molecule has 4 heteroatoms. The zero-order chi connectivity index (χ0) is 19.2. The Balaban J connectivity index is 1.93. The van der Waals surface area contributed by atoms with Crippen LogP contribution in [0.15, 0.2) is 121 Å². The SMILES string of the molecule is OB(O[Si](c1ccccc1)(c1ccccc1)c1ccccc1)c1ccccc1. The predicted octanol–water partition coefficient (Wildman–Crippen LogP) is 2.06. The largest absolute Gasteiger partial charge is 0.481 e. The van der Waals surface area contributed by atoms with E-state index in [1.807, 2.05) is 84.9 Å². The highest BCUT2D eigenvalue weighted by Gasteiger charge is 2.44. The van der Waals surface area contributed by atoms with Gasteiger partial charge in [-0.25, -0.2) is 0 Å². The van der Waals surface area contributed by atoms with Crippen molar-refractivity contribution in [1.29, 1.82) is 0 Å². The summed E-state index contributed by atoms with van der Waals surface area (Å²) in [4.78, 5) is 0. The second-order valence-electron chi connectivity index (χ2n) is 6.66. The Bertz CT molecular complexity index is 899. The van der Waals surface area contributed by atoms with E-state index in [2.05, 4.69) is 36.4 Å². The molecule has 0 fully saturated rings. The minimum atomic E-state index is -2.92. The zero-order valence-corrected chi connectivity index (χ0v) is 16.5. The standard InChI is InChI=1S/C24H21BO2Si/c26-25(21-13-5-1-6-14-21)27-28(22-15-7-2-8-16-22,23-17-9-3-10-18-23)24-19-11-4-12-20-24/h1-20,26H. The molecule has 0 amide bonds. The average Bonchev–Trinajstić information content (AvgIpc) is 2.80. The molecule has 136 valence electrons. The van der Waals surface area contributed by atoms with Crippen LogP contribution in [-0.4, -0.2) is 20.5 Å². The van der Waals surface area contributed by atoms with Crippen molar-refractivity contribution in [2.45, 2.75) is 0 Å². The van der Waals surface area contributed by atoms with Crippen LogP contribution in [0.5, 0.6) is 0 Å². The molecule has 0 atom stereocenters. The molecule has 0 spiro atoms. The van der Waals surface area contributed by atoms with E-state index in [0.29, 0.717) is 0 Å². The first-order chi connectivity index (χ1) is 13.8. The van der Waals surface area contributed by atoms with Crippen LogP contribution >= 0.6 is 0 Å². The maximum atomic E-state index is 11.1. The topological polar surface area (TPSA) is 29.5 Å². The summed E-state index contributed by atoms with van der Waals surface area (Å²) in [7, 11) is -3.94. The quantitative estimate of drug-likeness (QED) is 0.410. The van der Waals surface area contributed by atoms with E-state index in [-0.39, 0.29) is 0 Å². The molecule has 28 heavy (non-hydrogen) atoms. The minimum Gasteiger partial charge on any atom is -0.439 e. The van der Waals surface area contributed by atoms with E-state index in [0.717, 1.165) is 21.0 Å². The highest BCUT2D eigenvalue weighted by atomic mass is 28.4. The van der Waals surface area contributed by atoms with Gasteiger partial charge in [0.25, 0.3) is 8.32 Å². The van der Waals surface area contributed by atoms with Crippen molar-refractivity contribution in [3.05, 3.63) is 121 Å². The molecule has 1 N–H and O–H groups in total. The summed E-state index contributed by atoms with van der Waals surface area (Å²) in [6, 6.07) is 40.4. The Morgan fingerprint density at radius 2 is 0.821 bits per heavy atom. The van der Waals surface area contributed by atoms with Crippen molar-refractivity contribution in [2.24, 2.45) is 0 Å². The molecule has 0 aliphatic carbocycles. The Morgan fingerprint density at radius 3 is 1.18 bits per heavy atom. The first kappa shape index (κ1) is 18.4. The van der Waals surface area contributed by atoms with Gasteiger partial charge in [-0.3, -0.25) is 0 Å². The predicted molar refractivity (Wildman–Crippen MR) is 119 cm³/mol. The molecule has 0 radical (unpaired) electrons. The molecule has 0 bridgehead atoms. The third-order valence-corrected chi connectivity index (χ3v) is 8.93. The van der Waals surface area contributed by atoms with Gasteiger partial charge in [-0.2, -0.15) is 0 Å². The highest BCUT2D eigenvalue weighted by Crippen LogP contribution is 2.11. The van der Waals surface area contributed by atoms with E-state index in [1.54, 1.807) is 0 Å². The van der Waals surface area contributed by atoms with Gasteiger partial charge >= 0.3 is 7.12 Å². The molecule has 0 aromatic heterocycles. The van der Waals surface area contributed by atoms with Crippen LogP contribution < -0.4 is 21.0 Å². The van der Waals surface area contributed by atoms with Crippen LogP contribution in [0.1, 0.15) is 0 Å². The molecule has 4 rings (SSSR count). The molecular weight excluding hydrogens is 359 g/mol. The van der Waals surface area contributed by atoms with Crippen LogP contribution in [0.4, 0.5) is 0 Å². The Hall–Kier alpha value is -2.92. The average molecular weight is 380 g/mol. The lowest BCUT2D eigenvalue weighted by Crippen LogP contribution is -2.72. The van der Waals surface area contributed by atoms with Crippen LogP contribution in [0, 0.1) is 0 Å². The summed E-state index contributed by atoms with van der Waals surface area (Å²) >= 11 is 0. The van der Waals surface area contributed by atoms with E-state index in [1.165, 1.54) is 0 Å². The van der Waals surface area contributed by atoms with Gasteiger partial charge in [0.05, 0.1) is 0 Å². The Kier molecular flexibility index (Phi) is 5.53. The summed E-state index contributed by atoms with van der Waals surface area (Å²) in [6.45, 7) is 0. The maximum absolute atomic E-state index is 11.1. The minimum absolute atomic E-state index is 0.752. The second kappa shape index (κ2) is 8.40. The Morgan fingerprint density at radius 1 is 0.500 bits per heavy atom. The zero-order valence-electron chi connectivity index (χ0n) is 15.5. The molecule has 4 aromatic rings. The van der Waals surface area contributed by atoms with E-state index < -0.39 is 15.4 Å². The van der Waals surface area contributed by atoms with Crippen LogP contribution in [0.2, 0.25) is 0 Å². The molecule has 0 aliphatic heterocycles. The Labute approximate surface area is 167 Å². The van der Waals surface area contributed by atoms with Crippen LogP contribution in [0.25, 0.3) is 0 Å². The van der Waals surface area contributed by atoms with Gasteiger partial charge in [0.15, 0.2) is 0 Å². The molecular formula is C24H21BO2Si.